The number of nitrogens with one attached hydrogen (secondary N) is 1. The second kappa shape index (κ2) is 8.25. The van der Waals surface area contributed by atoms with E-state index in [0.29, 0.717) is 12.3 Å². The van der Waals surface area contributed by atoms with Crippen LogP contribution in [0.4, 0.5) is 0 Å². The van der Waals surface area contributed by atoms with E-state index in [4.69, 9.17) is 9.84 Å². The third-order valence-corrected chi connectivity index (χ3v) is 3.78. The summed E-state index contributed by atoms with van der Waals surface area (Å²) in [5.74, 6) is -0.451. The Morgan fingerprint density at radius 2 is 2.10 bits per heavy atom. The molecule has 1 fully saturated rings. The molecule has 5 heteroatoms. The van der Waals surface area contributed by atoms with E-state index in [1.807, 2.05) is 6.92 Å². The van der Waals surface area contributed by atoms with Crippen molar-refractivity contribution >= 4 is 11.9 Å². The van der Waals surface area contributed by atoms with E-state index in [9.17, 15) is 9.59 Å². The molecule has 20 heavy (non-hydrogen) atoms. The summed E-state index contributed by atoms with van der Waals surface area (Å²) in [5.41, 5.74) is 0. The summed E-state index contributed by atoms with van der Waals surface area (Å²) < 4.78 is 5.92. The van der Waals surface area contributed by atoms with Crippen LogP contribution in [0.2, 0.25) is 0 Å². The molecule has 0 saturated heterocycles. The molecule has 4 unspecified atom stereocenters. The molecule has 1 aliphatic rings. The van der Waals surface area contributed by atoms with Crippen molar-refractivity contribution in [2.45, 2.75) is 77.5 Å². The summed E-state index contributed by atoms with van der Waals surface area (Å²) in [6.07, 6.45) is 4.63. The molecule has 0 radical (unpaired) electrons. The van der Waals surface area contributed by atoms with E-state index < -0.39 is 12.1 Å². The topological polar surface area (TPSA) is 75.6 Å². The number of rotatable bonds is 7. The molecule has 0 aliphatic heterocycles. The first-order chi connectivity index (χ1) is 9.42. The van der Waals surface area contributed by atoms with Gasteiger partial charge in [0.15, 0.2) is 0 Å². The summed E-state index contributed by atoms with van der Waals surface area (Å²) in [4.78, 5) is 22.7. The maximum Gasteiger partial charge on any atom is 0.305 e. The van der Waals surface area contributed by atoms with Crippen molar-refractivity contribution < 1.29 is 19.4 Å². The number of carbonyl (C=O) groups is 2. The molecular weight excluding hydrogens is 258 g/mol. The van der Waals surface area contributed by atoms with Crippen LogP contribution in [0.1, 0.15) is 59.3 Å². The van der Waals surface area contributed by atoms with Gasteiger partial charge >= 0.3 is 5.97 Å². The molecule has 1 saturated carbocycles. The van der Waals surface area contributed by atoms with E-state index in [-0.39, 0.29) is 24.5 Å². The molecule has 1 amide bonds. The van der Waals surface area contributed by atoms with Crippen LogP contribution in [0.15, 0.2) is 0 Å². The van der Waals surface area contributed by atoms with Gasteiger partial charge < -0.3 is 15.2 Å². The zero-order valence-corrected chi connectivity index (χ0v) is 12.7. The number of amides is 1. The monoisotopic (exact) mass is 285 g/mol. The first kappa shape index (κ1) is 17.0. The Balaban J connectivity index is 2.44. The maximum atomic E-state index is 12.1. The maximum absolute atomic E-state index is 12.1. The molecule has 116 valence electrons. The van der Waals surface area contributed by atoms with E-state index in [2.05, 4.69) is 12.2 Å². The van der Waals surface area contributed by atoms with Crippen LogP contribution in [-0.2, 0) is 14.3 Å². The quantitative estimate of drug-likeness (QED) is 0.753. The van der Waals surface area contributed by atoms with Crippen molar-refractivity contribution in [3.8, 4) is 0 Å². The van der Waals surface area contributed by atoms with Gasteiger partial charge in [-0.05, 0) is 32.1 Å². The van der Waals surface area contributed by atoms with Crippen LogP contribution in [0.3, 0.4) is 0 Å². The van der Waals surface area contributed by atoms with Crippen molar-refractivity contribution in [2.24, 2.45) is 5.92 Å². The Bertz CT molecular complexity index is 332. The van der Waals surface area contributed by atoms with Gasteiger partial charge in [-0.25, -0.2) is 0 Å². The number of hydrogen-bond donors (Lipinski definition) is 2. The predicted molar refractivity (Wildman–Crippen MR) is 76.4 cm³/mol. The SMILES string of the molecule is CCC(OC1CCCC(C)C1)C(=O)NC(C)CC(=O)O. The molecule has 1 aliphatic carbocycles. The van der Waals surface area contributed by atoms with Crippen LogP contribution < -0.4 is 5.32 Å². The predicted octanol–water partition coefficient (Wildman–Crippen LogP) is 2.34. The summed E-state index contributed by atoms with van der Waals surface area (Å²) >= 11 is 0. The Morgan fingerprint density at radius 3 is 2.65 bits per heavy atom. The molecular formula is C15H27NO4. The molecule has 5 nitrogen and oxygen atoms in total. The zero-order valence-electron chi connectivity index (χ0n) is 12.7. The van der Waals surface area contributed by atoms with E-state index in [1.54, 1.807) is 6.92 Å². The van der Waals surface area contributed by atoms with Crippen molar-refractivity contribution in [3.63, 3.8) is 0 Å². The Morgan fingerprint density at radius 1 is 1.40 bits per heavy atom. The highest BCUT2D eigenvalue weighted by Gasteiger charge is 2.26. The third-order valence-electron chi connectivity index (χ3n) is 3.78. The van der Waals surface area contributed by atoms with Gasteiger partial charge in [-0.3, -0.25) is 9.59 Å². The highest BCUT2D eigenvalue weighted by Crippen LogP contribution is 2.27. The molecule has 0 aromatic rings. The lowest BCUT2D eigenvalue weighted by Gasteiger charge is -2.30. The highest BCUT2D eigenvalue weighted by molar-refractivity contribution is 5.81. The summed E-state index contributed by atoms with van der Waals surface area (Å²) in [5, 5.41) is 11.4. The standard InChI is InChI=1S/C15H27NO4/c1-4-13(15(19)16-11(3)9-14(17)18)20-12-7-5-6-10(2)8-12/h10-13H,4-9H2,1-3H3,(H,16,19)(H,17,18). The minimum Gasteiger partial charge on any atom is -0.481 e. The molecule has 2 N–H and O–H groups in total. The molecule has 4 atom stereocenters. The average Bonchev–Trinajstić information content (AvgIpc) is 2.34. The van der Waals surface area contributed by atoms with Crippen molar-refractivity contribution in [3.05, 3.63) is 0 Å². The van der Waals surface area contributed by atoms with E-state index >= 15 is 0 Å². The Kier molecular flexibility index (Phi) is 6.99. The average molecular weight is 285 g/mol. The van der Waals surface area contributed by atoms with Crippen LogP contribution in [0.5, 0.6) is 0 Å². The molecule has 0 heterocycles. The fourth-order valence-electron chi connectivity index (χ4n) is 2.73. The van der Waals surface area contributed by atoms with Crippen molar-refractivity contribution in [1.82, 2.24) is 5.32 Å². The van der Waals surface area contributed by atoms with Crippen LogP contribution in [0, 0.1) is 5.92 Å². The molecule has 0 spiro atoms. The lowest BCUT2D eigenvalue weighted by Crippen LogP contribution is -2.43. The largest absolute Gasteiger partial charge is 0.481 e. The van der Waals surface area contributed by atoms with Gasteiger partial charge in [0, 0.05) is 6.04 Å². The van der Waals surface area contributed by atoms with Gasteiger partial charge in [0.2, 0.25) is 5.91 Å². The lowest BCUT2D eigenvalue weighted by atomic mass is 9.88. The van der Waals surface area contributed by atoms with Gasteiger partial charge in [0.05, 0.1) is 12.5 Å². The molecule has 1 rings (SSSR count). The fraction of sp³-hybridized carbons (Fsp3) is 0.867. The zero-order chi connectivity index (χ0) is 15.1. The van der Waals surface area contributed by atoms with Crippen LogP contribution >= 0.6 is 0 Å². The van der Waals surface area contributed by atoms with E-state index in [1.165, 1.54) is 6.42 Å². The normalized spacial score (nSPS) is 25.8. The van der Waals surface area contributed by atoms with Crippen LogP contribution in [0.25, 0.3) is 0 Å². The number of carbonyl (C=O) groups excluding carboxylic acids is 1. The number of ether oxygens (including phenoxy) is 1. The number of carboxylic acid groups (broad SMARTS) is 1. The third kappa shape index (κ3) is 5.90. The molecule has 0 bridgehead atoms. The first-order valence-electron chi connectivity index (χ1n) is 7.60. The number of aliphatic carboxylic acids is 1. The van der Waals surface area contributed by atoms with Crippen LogP contribution in [-0.4, -0.2) is 35.2 Å². The number of carboxylic acids is 1. The number of hydrogen-bond acceptors (Lipinski definition) is 3. The van der Waals surface area contributed by atoms with Gasteiger partial charge in [0.25, 0.3) is 0 Å². The Labute approximate surface area is 121 Å². The smallest absolute Gasteiger partial charge is 0.305 e. The highest BCUT2D eigenvalue weighted by atomic mass is 16.5. The minimum absolute atomic E-state index is 0.0668. The second-order valence-electron chi connectivity index (χ2n) is 5.93. The summed E-state index contributed by atoms with van der Waals surface area (Å²) in [7, 11) is 0. The van der Waals surface area contributed by atoms with Gasteiger partial charge in [-0.1, -0.05) is 26.7 Å². The van der Waals surface area contributed by atoms with Gasteiger partial charge in [-0.2, -0.15) is 0 Å². The summed E-state index contributed by atoms with van der Waals surface area (Å²) in [6, 6.07) is -0.372. The van der Waals surface area contributed by atoms with Gasteiger partial charge in [0.1, 0.15) is 6.10 Å². The summed E-state index contributed by atoms with van der Waals surface area (Å²) in [6.45, 7) is 5.82. The fourth-order valence-corrected chi connectivity index (χ4v) is 2.73. The second-order valence-corrected chi connectivity index (χ2v) is 5.93. The molecule has 0 aromatic heterocycles. The van der Waals surface area contributed by atoms with E-state index in [0.717, 1.165) is 19.3 Å². The first-order valence-corrected chi connectivity index (χ1v) is 7.60. The van der Waals surface area contributed by atoms with Gasteiger partial charge in [-0.15, -0.1) is 0 Å². The minimum atomic E-state index is -0.909. The van der Waals surface area contributed by atoms with Crippen molar-refractivity contribution in [2.75, 3.05) is 0 Å². The Hall–Kier alpha value is -1.10. The molecule has 0 aromatic carbocycles. The lowest BCUT2D eigenvalue weighted by molar-refractivity contribution is -0.141. The van der Waals surface area contributed by atoms with Crippen molar-refractivity contribution in [1.29, 1.82) is 0 Å².